The molecule has 34 heavy (non-hydrogen) atoms. The first-order valence-corrected chi connectivity index (χ1v) is 11.9. The molecule has 0 radical (unpaired) electrons. The van der Waals surface area contributed by atoms with Crippen molar-refractivity contribution in [1.82, 2.24) is 25.6 Å². The molecule has 2 aromatic carbocycles. The first-order valence-electron chi connectivity index (χ1n) is 11.9. The van der Waals surface area contributed by atoms with Crippen molar-refractivity contribution in [3.63, 3.8) is 0 Å². The van der Waals surface area contributed by atoms with Crippen LogP contribution in [0, 0.1) is 5.92 Å². The molecule has 1 saturated carbocycles. The summed E-state index contributed by atoms with van der Waals surface area (Å²) in [6.45, 7) is 0.383. The average Bonchev–Trinajstić information content (AvgIpc) is 3.24. The molecule has 2 aromatic heterocycles. The Bertz CT molecular complexity index is 1220. The Kier molecular flexibility index (Phi) is 6.74. The molecule has 174 valence electrons. The van der Waals surface area contributed by atoms with E-state index in [-0.39, 0.29) is 23.7 Å². The number of nitrogens with one attached hydrogen (secondary N) is 2. The van der Waals surface area contributed by atoms with Gasteiger partial charge in [0.05, 0.1) is 17.1 Å². The summed E-state index contributed by atoms with van der Waals surface area (Å²) < 4.78 is 5.99. The molecule has 2 heterocycles. The molecule has 4 aromatic rings. The number of benzene rings is 2. The monoisotopic (exact) mass is 456 g/mol. The lowest BCUT2D eigenvalue weighted by molar-refractivity contribution is -0.118. The predicted octanol–water partition coefficient (Wildman–Crippen LogP) is 5.02. The number of hydrogen-bond acceptors (Lipinski definition) is 6. The second-order valence-electron chi connectivity index (χ2n) is 8.81. The van der Waals surface area contributed by atoms with Crippen LogP contribution in [0.25, 0.3) is 10.9 Å². The summed E-state index contributed by atoms with van der Waals surface area (Å²) in [5.41, 5.74) is 2.81. The van der Waals surface area contributed by atoms with Crippen molar-refractivity contribution >= 4 is 22.8 Å². The van der Waals surface area contributed by atoms with E-state index in [9.17, 15) is 4.79 Å². The molecule has 1 fully saturated rings. The minimum atomic E-state index is -0.271. The molecule has 0 bridgehead atoms. The summed E-state index contributed by atoms with van der Waals surface area (Å²) in [6, 6.07) is 19.9. The lowest BCUT2D eigenvalue weighted by atomic mass is 9.80. The molecular weight excluding hydrogens is 428 g/mol. The molecule has 1 unspecified atom stereocenters. The van der Waals surface area contributed by atoms with E-state index in [4.69, 9.17) is 4.74 Å². The van der Waals surface area contributed by atoms with Gasteiger partial charge in [-0.15, -0.1) is 5.10 Å². The fourth-order valence-electron chi connectivity index (χ4n) is 4.80. The normalized spacial score (nSPS) is 15.5. The first kappa shape index (κ1) is 22.0. The van der Waals surface area contributed by atoms with Gasteiger partial charge in [-0.05, 0) is 53.8 Å². The van der Waals surface area contributed by atoms with Gasteiger partial charge in [0.2, 0.25) is 5.91 Å². The third-order valence-electron chi connectivity index (χ3n) is 6.52. The number of H-pyrrole nitrogens is 1. The molecule has 0 saturated heterocycles. The Labute approximate surface area is 198 Å². The third kappa shape index (κ3) is 5.22. The molecule has 5 rings (SSSR count). The van der Waals surface area contributed by atoms with Gasteiger partial charge >= 0.3 is 0 Å². The highest BCUT2D eigenvalue weighted by Crippen LogP contribution is 2.36. The van der Waals surface area contributed by atoms with Gasteiger partial charge in [0, 0.05) is 5.39 Å². The second kappa shape index (κ2) is 10.4. The van der Waals surface area contributed by atoms with Crippen molar-refractivity contribution in [2.45, 2.75) is 51.0 Å². The van der Waals surface area contributed by atoms with Gasteiger partial charge in [0.15, 0.2) is 0 Å². The fraction of sp³-hybridized carbons (Fsp3) is 0.346. The van der Waals surface area contributed by atoms with Crippen molar-refractivity contribution in [2.75, 3.05) is 5.32 Å². The molecule has 1 amide bonds. The van der Waals surface area contributed by atoms with Crippen molar-refractivity contribution in [3.05, 3.63) is 71.9 Å². The first-order chi connectivity index (χ1) is 16.8. The van der Waals surface area contributed by atoms with E-state index in [2.05, 4.69) is 37.0 Å². The Hall–Kier alpha value is -3.81. The van der Waals surface area contributed by atoms with E-state index in [0.717, 1.165) is 53.6 Å². The highest BCUT2D eigenvalue weighted by Gasteiger charge is 2.31. The maximum atomic E-state index is 13.3. The number of fused-ring (bicyclic) bond motifs is 1. The number of tetrazole rings is 1. The Morgan fingerprint density at radius 3 is 2.56 bits per heavy atom. The lowest BCUT2D eigenvalue weighted by Gasteiger charge is -2.25. The quantitative estimate of drug-likeness (QED) is 0.378. The van der Waals surface area contributed by atoms with Crippen LogP contribution < -0.4 is 10.1 Å². The molecule has 1 aliphatic carbocycles. The smallest absolute Gasteiger partial charge is 0.269 e. The largest absolute Gasteiger partial charge is 0.487 e. The predicted molar refractivity (Wildman–Crippen MR) is 129 cm³/mol. The van der Waals surface area contributed by atoms with Crippen LogP contribution in [0.3, 0.4) is 0 Å². The summed E-state index contributed by atoms with van der Waals surface area (Å²) in [5, 5.41) is 17.6. The maximum Gasteiger partial charge on any atom is 0.269 e. The Morgan fingerprint density at radius 1 is 1.00 bits per heavy atom. The van der Waals surface area contributed by atoms with E-state index in [1.807, 2.05) is 54.6 Å². The number of rotatable bonds is 7. The van der Waals surface area contributed by atoms with Crippen molar-refractivity contribution < 1.29 is 9.53 Å². The number of pyridine rings is 1. The van der Waals surface area contributed by atoms with Crippen LogP contribution in [0.4, 0.5) is 5.95 Å². The van der Waals surface area contributed by atoms with Crippen molar-refractivity contribution in [3.8, 4) is 5.75 Å². The molecule has 2 N–H and O–H groups in total. The number of aromatic nitrogens is 5. The molecular formula is C26H28N6O2. The lowest BCUT2D eigenvalue weighted by Crippen LogP contribution is -2.28. The van der Waals surface area contributed by atoms with Crippen LogP contribution in [0.2, 0.25) is 0 Å². The van der Waals surface area contributed by atoms with E-state index in [1.54, 1.807) is 0 Å². The number of ether oxygens (including phenoxy) is 1. The summed E-state index contributed by atoms with van der Waals surface area (Å²) in [5.74, 6) is 0.862. The maximum absolute atomic E-state index is 13.3. The zero-order valence-corrected chi connectivity index (χ0v) is 19.0. The number of carbonyl (C=O) groups excluding carboxylic acids is 1. The number of carbonyl (C=O) groups is 1. The van der Waals surface area contributed by atoms with Crippen molar-refractivity contribution in [2.24, 2.45) is 5.92 Å². The van der Waals surface area contributed by atoms with Gasteiger partial charge in [-0.25, -0.2) is 4.98 Å². The van der Waals surface area contributed by atoms with Gasteiger partial charge in [-0.1, -0.05) is 67.2 Å². The molecule has 1 atom stereocenters. The minimum Gasteiger partial charge on any atom is -0.487 e. The number of anilines is 1. The van der Waals surface area contributed by atoms with Gasteiger partial charge in [-0.2, -0.15) is 5.21 Å². The number of hydrogen-bond donors (Lipinski definition) is 2. The Morgan fingerprint density at radius 2 is 1.79 bits per heavy atom. The standard InChI is InChI=1S/C26H28N6O2/c33-25(28-26-29-31-32-30-26)24(19-8-3-1-2-4-9-19)20-12-15-22(16-13-20)34-17-21-14-11-18-7-5-6-10-23(18)27-21/h5-7,10-16,19,24H,1-4,8-9,17H2,(H2,28,29,30,31,32,33). The highest BCUT2D eigenvalue weighted by molar-refractivity contribution is 5.94. The molecule has 0 aliphatic heterocycles. The van der Waals surface area contributed by atoms with Crippen LogP contribution in [0.5, 0.6) is 5.75 Å². The summed E-state index contributed by atoms with van der Waals surface area (Å²) in [4.78, 5) is 17.9. The van der Waals surface area contributed by atoms with Crippen LogP contribution >= 0.6 is 0 Å². The number of para-hydroxylation sites is 1. The number of nitrogens with zero attached hydrogens (tertiary/aromatic N) is 4. The number of amides is 1. The summed E-state index contributed by atoms with van der Waals surface area (Å²) in [6.07, 6.45) is 6.83. The Balaban J connectivity index is 1.30. The second-order valence-corrected chi connectivity index (χ2v) is 8.81. The van der Waals surface area contributed by atoms with Gasteiger partial charge in [0.1, 0.15) is 12.4 Å². The van der Waals surface area contributed by atoms with E-state index in [0.29, 0.717) is 6.61 Å². The van der Waals surface area contributed by atoms with Crippen LogP contribution in [-0.2, 0) is 11.4 Å². The zero-order valence-electron chi connectivity index (χ0n) is 19.0. The van der Waals surface area contributed by atoms with E-state index in [1.165, 1.54) is 12.8 Å². The van der Waals surface area contributed by atoms with Gasteiger partial charge in [0.25, 0.3) is 5.95 Å². The zero-order chi connectivity index (χ0) is 23.2. The number of aromatic amines is 1. The van der Waals surface area contributed by atoms with Crippen LogP contribution in [0.1, 0.15) is 55.7 Å². The highest BCUT2D eigenvalue weighted by atomic mass is 16.5. The van der Waals surface area contributed by atoms with Crippen molar-refractivity contribution in [1.29, 1.82) is 0 Å². The minimum absolute atomic E-state index is 0.0951. The SMILES string of the molecule is O=C(Nc1nn[nH]n1)C(c1ccc(OCc2ccc3ccccc3n2)cc1)C1CCCCCC1. The van der Waals surface area contributed by atoms with E-state index >= 15 is 0 Å². The molecule has 8 nitrogen and oxygen atoms in total. The van der Waals surface area contributed by atoms with Gasteiger partial charge in [-0.3, -0.25) is 10.1 Å². The van der Waals surface area contributed by atoms with Gasteiger partial charge < -0.3 is 4.74 Å². The fourth-order valence-corrected chi connectivity index (χ4v) is 4.80. The molecule has 0 spiro atoms. The molecule has 8 heteroatoms. The van der Waals surface area contributed by atoms with E-state index < -0.39 is 0 Å². The average molecular weight is 457 g/mol. The summed E-state index contributed by atoms with van der Waals surface area (Å²) >= 11 is 0. The van der Waals surface area contributed by atoms with Crippen LogP contribution in [0.15, 0.2) is 60.7 Å². The topological polar surface area (TPSA) is 106 Å². The molecule has 1 aliphatic rings. The van der Waals surface area contributed by atoms with Crippen LogP contribution in [-0.4, -0.2) is 31.5 Å². The third-order valence-corrected chi connectivity index (χ3v) is 6.52. The summed E-state index contributed by atoms with van der Waals surface area (Å²) in [7, 11) is 0.